The molecular weight excluding hydrogens is 158 g/mol. The maximum atomic E-state index is 4.21. The van der Waals surface area contributed by atoms with Gasteiger partial charge in [-0.1, -0.05) is 12.5 Å². The molecule has 1 heterocycles. The van der Waals surface area contributed by atoms with Crippen LogP contribution in [0.4, 0.5) is 0 Å². The lowest BCUT2D eigenvalue weighted by atomic mass is 9.84. The number of rotatable bonds is 1. The van der Waals surface area contributed by atoms with E-state index in [1.165, 1.54) is 31.2 Å². The molecule has 0 aromatic carbocycles. The molecule has 2 aliphatic rings. The van der Waals surface area contributed by atoms with Gasteiger partial charge >= 0.3 is 0 Å². The fourth-order valence-corrected chi connectivity index (χ4v) is 3.25. The number of fused-ring (bicyclic) bond motifs is 2. The van der Waals surface area contributed by atoms with Gasteiger partial charge in [0.2, 0.25) is 0 Å². The van der Waals surface area contributed by atoms with Crippen molar-refractivity contribution in [3.05, 3.63) is 30.1 Å². The Balaban J connectivity index is 1.87. The molecule has 3 unspecified atom stereocenters. The first-order valence-electron chi connectivity index (χ1n) is 5.33. The van der Waals surface area contributed by atoms with Crippen molar-refractivity contribution in [2.75, 3.05) is 0 Å². The Kier molecular flexibility index (Phi) is 1.64. The van der Waals surface area contributed by atoms with Gasteiger partial charge in [0.1, 0.15) is 0 Å². The predicted molar refractivity (Wildman–Crippen MR) is 52.4 cm³/mol. The van der Waals surface area contributed by atoms with Crippen molar-refractivity contribution in [1.82, 2.24) is 4.98 Å². The van der Waals surface area contributed by atoms with Gasteiger partial charge in [-0.3, -0.25) is 4.98 Å². The Hall–Kier alpha value is -0.850. The summed E-state index contributed by atoms with van der Waals surface area (Å²) in [5, 5.41) is 0. The lowest BCUT2D eigenvalue weighted by Crippen LogP contribution is -2.08. The highest BCUT2D eigenvalue weighted by atomic mass is 14.6. The fourth-order valence-electron chi connectivity index (χ4n) is 3.25. The fraction of sp³-hybridized carbons (Fsp3) is 0.583. The van der Waals surface area contributed by atoms with Gasteiger partial charge in [0.25, 0.3) is 0 Å². The second kappa shape index (κ2) is 2.83. The number of pyridine rings is 1. The molecule has 0 radical (unpaired) electrons. The van der Waals surface area contributed by atoms with Gasteiger partial charge in [0, 0.05) is 12.4 Å². The summed E-state index contributed by atoms with van der Waals surface area (Å²) in [6, 6.07) is 4.32. The molecule has 0 amide bonds. The smallest absolute Gasteiger partial charge is 0.0302 e. The summed E-state index contributed by atoms with van der Waals surface area (Å²) in [4.78, 5) is 4.21. The summed E-state index contributed by atoms with van der Waals surface area (Å²) in [5.74, 6) is 2.86. The third kappa shape index (κ3) is 1.18. The van der Waals surface area contributed by atoms with E-state index in [1.54, 1.807) is 0 Å². The molecule has 0 spiro atoms. The monoisotopic (exact) mass is 173 g/mol. The lowest BCUT2D eigenvalue weighted by Gasteiger charge is -2.21. The summed E-state index contributed by atoms with van der Waals surface area (Å²) in [6.45, 7) is 0. The predicted octanol–water partition coefficient (Wildman–Crippen LogP) is 2.99. The number of hydrogen-bond donors (Lipinski definition) is 0. The van der Waals surface area contributed by atoms with Gasteiger partial charge in [-0.15, -0.1) is 0 Å². The van der Waals surface area contributed by atoms with Crippen LogP contribution in [-0.2, 0) is 0 Å². The molecule has 68 valence electrons. The Bertz CT molecular complexity index is 293. The molecule has 0 N–H and O–H groups in total. The highest BCUT2D eigenvalue weighted by Crippen LogP contribution is 2.52. The summed E-state index contributed by atoms with van der Waals surface area (Å²) in [7, 11) is 0. The minimum atomic E-state index is 0.840. The van der Waals surface area contributed by atoms with Crippen molar-refractivity contribution in [2.45, 2.75) is 31.6 Å². The van der Waals surface area contributed by atoms with E-state index in [9.17, 15) is 0 Å². The maximum Gasteiger partial charge on any atom is 0.0302 e. The second-order valence-corrected chi connectivity index (χ2v) is 4.57. The van der Waals surface area contributed by atoms with Crippen molar-refractivity contribution < 1.29 is 0 Å². The first kappa shape index (κ1) is 7.54. The minimum absolute atomic E-state index is 0.840. The molecule has 1 heteroatoms. The van der Waals surface area contributed by atoms with E-state index in [0.29, 0.717) is 0 Å². The maximum absolute atomic E-state index is 4.21. The molecule has 2 saturated carbocycles. The standard InChI is InChI=1S/C12H15N/c1-2-11(8-13-5-1)12-7-9-3-4-10(12)6-9/h1-2,5,8-10,12H,3-4,6-7H2. The van der Waals surface area contributed by atoms with E-state index in [-0.39, 0.29) is 0 Å². The summed E-state index contributed by atoms with van der Waals surface area (Å²) < 4.78 is 0. The molecule has 1 aromatic rings. The van der Waals surface area contributed by atoms with Crippen LogP contribution in [0.2, 0.25) is 0 Å². The molecule has 0 saturated heterocycles. The summed E-state index contributed by atoms with van der Waals surface area (Å²) in [6.07, 6.45) is 9.80. The largest absolute Gasteiger partial charge is 0.264 e. The van der Waals surface area contributed by atoms with Crippen molar-refractivity contribution in [3.63, 3.8) is 0 Å². The minimum Gasteiger partial charge on any atom is -0.264 e. The first-order chi connectivity index (χ1) is 6.43. The van der Waals surface area contributed by atoms with E-state index in [0.717, 1.165) is 17.8 Å². The van der Waals surface area contributed by atoms with Gasteiger partial charge in [0.05, 0.1) is 0 Å². The third-order valence-corrected chi connectivity index (χ3v) is 3.85. The zero-order valence-corrected chi connectivity index (χ0v) is 7.82. The first-order valence-corrected chi connectivity index (χ1v) is 5.33. The van der Waals surface area contributed by atoms with E-state index in [1.807, 2.05) is 6.20 Å². The zero-order chi connectivity index (χ0) is 8.67. The highest BCUT2D eigenvalue weighted by molar-refractivity contribution is 5.19. The van der Waals surface area contributed by atoms with Gasteiger partial charge < -0.3 is 0 Å². The summed E-state index contributed by atoms with van der Waals surface area (Å²) in [5.41, 5.74) is 1.48. The van der Waals surface area contributed by atoms with Gasteiger partial charge in [-0.05, 0) is 48.6 Å². The van der Waals surface area contributed by atoms with E-state index >= 15 is 0 Å². The van der Waals surface area contributed by atoms with Crippen molar-refractivity contribution in [3.8, 4) is 0 Å². The lowest BCUT2D eigenvalue weighted by molar-refractivity contribution is 0.419. The molecule has 0 aliphatic heterocycles. The summed E-state index contributed by atoms with van der Waals surface area (Å²) >= 11 is 0. The number of hydrogen-bond acceptors (Lipinski definition) is 1. The van der Waals surface area contributed by atoms with Crippen molar-refractivity contribution >= 4 is 0 Å². The van der Waals surface area contributed by atoms with Crippen LogP contribution in [0.3, 0.4) is 0 Å². The second-order valence-electron chi connectivity index (χ2n) is 4.57. The van der Waals surface area contributed by atoms with Crippen LogP contribution in [0.25, 0.3) is 0 Å². The number of aromatic nitrogens is 1. The average Bonchev–Trinajstić information content (AvgIpc) is 2.80. The molecular formula is C12H15N. The normalized spacial score (nSPS) is 36.8. The van der Waals surface area contributed by atoms with E-state index in [4.69, 9.17) is 0 Å². The Morgan fingerprint density at radius 1 is 1.23 bits per heavy atom. The van der Waals surface area contributed by atoms with Crippen LogP contribution in [0, 0.1) is 11.8 Å². The molecule has 1 aromatic heterocycles. The van der Waals surface area contributed by atoms with Crippen LogP contribution in [0.5, 0.6) is 0 Å². The zero-order valence-electron chi connectivity index (χ0n) is 7.82. The van der Waals surface area contributed by atoms with Gasteiger partial charge in [-0.2, -0.15) is 0 Å². The highest BCUT2D eigenvalue weighted by Gasteiger charge is 2.39. The molecule has 13 heavy (non-hydrogen) atoms. The van der Waals surface area contributed by atoms with Gasteiger partial charge in [0.15, 0.2) is 0 Å². The van der Waals surface area contributed by atoms with Crippen LogP contribution < -0.4 is 0 Å². The van der Waals surface area contributed by atoms with E-state index < -0.39 is 0 Å². The van der Waals surface area contributed by atoms with Crippen LogP contribution in [-0.4, -0.2) is 4.98 Å². The third-order valence-electron chi connectivity index (χ3n) is 3.85. The van der Waals surface area contributed by atoms with E-state index in [2.05, 4.69) is 23.3 Å². The van der Waals surface area contributed by atoms with Crippen LogP contribution in [0.1, 0.15) is 37.2 Å². The van der Waals surface area contributed by atoms with Crippen LogP contribution in [0.15, 0.2) is 24.5 Å². The Morgan fingerprint density at radius 2 is 2.23 bits per heavy atom. The SMILES string of the molecule is c1cncc(C2CC3CCC2C3)c1. The Labute approximate surface area is 79.2 Å². The molecule has 3 rings (SSSR count). The van der Waals surface area contributed by atoms with Gasteiger partial charge in [-0.25, -0.2) is 0 Å². The molecule has 3 atom stereocenters. The van der Waals surface area contributed by atoms with Crippen LogP contribution >= 0.6 is 0 Å². The van der Waals surface area contributed by atoms with Crippen molar-refractivity contribution in [1.29, 1.82) is 0 Å². The molecule has 2 aliphatic carbocycles. The molecule has 2 fully saturated rings. The average molecular weight is 173 g/mol. The quantitative estimate of drug-likeness (QED) is 0.636. The molecule has 2 bridgehead atoms. The molecule has 1 nitrogen and oxygen atoms in total. The topological polar surface area (TPSA) is 12.9 Å². The Morgan fingerprint density at radius 3 is 2.85 bits per heavy atom. The number of nitrogens with zero attached hydrogens (tertiary/aromatic N) is 1. The van der Waals surface area contributed by atoms with Crippen molar-refractivity contribution in [2.24, 2.45) is 11.8 Å².